The Labute approximate surface area is 153 Å². The highest BCUT2D eigenvalue weighted by Gasteiger charge is 2.23. The first kappa shape index (κ1) is 18.1. The van der Waals surface area contributed by atoms with Gasteiger partial charge < -0.3 is 20.6 Å². The van der Waals surface area contributed by atoms with Crippen LogP contribution in [0.1, 0.15) is 18.4 Å². The summed E-state index contributed by atoms with van der Waals surface area (Å²) < 4.78 is 0. The molecular weight excluding hydrogens is 330 g/mol. The second-order valence-electron chi connectivity index (χ2n) is 6.52. The summed E-state index contributed by atoms with van der Waals surface area (Å²) in [5.41, 5.74) is 1.08. The van der Waals surface area contributed by atoms with Gasteiger partial charge in [0.15, 0.2) is 0 Å². The summed E-state index contributed by atoms with van der Waals surface area (Å²) in [6, 6.07) is 11.1. The van der Waals surface area contributed by atoms with Crippen LogP contribution in [-0.4, -0.2) is 52.9 Å². The zero-order valence-electron chi connectivity index (χ0n) is 14.7. The molecule has 26 heavy (non-hydrogen) atoms. The van der Waals surface area contributed by atoms with Gasteiger partial charge in [0.1, 0.15) is 0 Å². The molecule has 1 aromatic carbocycles. The molecule has 2 heterocycles. The highest BCUT2D eigenvalue weighted by molar-refractivity contribution is 5.74. The quantitative estimate of drug-likeness (QED) is 0.728. The van der Waals surface area contributed by atoms with Crippen molar-refractivity contribution in [1.29, 1.82) is 0 Å². The smallest absolute Gasteiger partial charge is 0.315 e. The van der Waals surface area contributed by atoms with Crippen LogP contribution in [-0.2, 0) is 6.42 Å². The fourth-order valence-corrected chi connectivity index (χ4v) is 3.20. The number of rotatable bonds is 6. The van der Waals surface area contributed by atoms with Gasteiger partial charge in [0, 0.05) is 31.5 Å². The van der Waals surface area contributed by atoms with Crippen LogP contribution in [0.4, 0.5) is 10.7 Å². The van der Waals surface area contributed by atoms with Crippen LogP contribution in [0.3, 0.4) is 0 Å². The topological polar surface area (TPSA) is 90.4 Å². The van der Waals surface area contributed by atoms with Gasteiger partial charge in [-0.15, -0.1) is 0 Å². The molecule has 1 fully saturated rings. The van der Waals surface area contributed by atoms with Gasteiger partial charge in [0.2, 0.25) is 5.95 Å². The second kappa shape index (κ2) is 9.15. The van der Waals surface area contributed by atoms with Crippen molar-refractivity contribution in [1.82, 2.24) is 20.6 Å². The molecule has 3 N–H and O–H groups in total. The SMILES string of the molecule is O=C(N[C@@H]1CCCN(c2ncccn2)C1)N[C@@H](CO)Cc1ccccc1. The van der Waals surface area contributed by atoms with Crippen molar-refractivity contribution in [3.05, 3.63) is 54.4 Å². The van der Waals surface area contributed by atoms with E-state index >= 15 is 0 Å². The number of aliphatic hydroxyl groups is 1. The highest BCUT2D eigenvalue weighted by Crippen LogP contribution is 2.15. The van der Waals surface area contributed by atoms with Gasteiger partial charge in [-0.25, -0.2) is 14.8 Å². The molecule has 0 unspecified atom stereocenters. The summed E-state index contributed by atoms with van der Waals surface area (Å²) in [5, 5.41) is 15.4. The molecule has 1 saturated heterocycles. The minimum Gasteiger partial charge on any atom is -0.394 e. The van der Waals surface area contributed by atoms with E-state index in [0.29, 0.717) is 18.9 Å². The number of hydrogen-bond acceptors (Lipinski definition) is 5. The Bertz CT molecular complexity index is 683. The lowest BCUT2D eigenvalue weighted by Crippen LogP contribution is -2.53. The molecule has 138 valence electrons. The Morgan fingerprint density at radius 2 is 2.00 bits per heavy atom. The number of aromatic nitrogens is 2. The number of amides is 2. The molecule has 7 heteroatoms. The molecule has 3 rings (SSSR count). The molecule has 1 aliphatic rings. The average Bonchev–Trinajstić information content (AvgIpc) is 2.69. The third-order valence-electron chi connectivity index (χ3n) is 4.47. The van der Waals surface area contributed by atoms with Crippen molar-refractivity contribution >= 4 is 12.0 Å². The minimum atomic E-state index is -0.311. The van der Waals surface area contributed by atoms with Crippen LogP contribution >= 0.6 is 0 Å². The molecule has 2 aromatic rings. The molecule has 0 saturated carbocycles. The van der Waals surface area contributed by atoms with Crippen molar-refractivity contribution in [2.75, 3.05) is 24.6 Å². The molecule has 1 aliphatic heterocycles. The predicted octanol–water partition coefficient (Wildman–Crippen LogP) is 1.35. The lowest BCUT2D eigenvalue weighted by molar-refractivity contribution is 0.211. The summed E-state index contributed by atoms with van der Waals surface area (Å²) in [7, 11) is 0. The maximum atomic E-state index is 12.3. The maximum absolute atomic E-state index is 12.3. The Hall–Kier alpha value is -2.67. The normalized spacial score (nSPS) is 18.2. The van der Waals surface area contributed by atoms with E-state index in [1.807, 2.05) is 30.3 Å². The number of carbonyl (C=O) groups excluding carboxylic acids is 1. The van der Waals surface area contributed by atoms with E-state index in [1.165, 1.54) is 0 Å². The average molecular weight is 355 g/mol. The summed E-state index contributed by atoms with van der Waals surface area (Å²) in [6.07, 6.45) is 5.93. The first-order chi connectivity index (χ1) is 12.7. The largest absolute Gasteiger partial charge is 0.394 e. The van der Waals surface area contributed by atoms with Crippen LogP contribution in [0.15, 0.2) is 48.8 Å². The number of aliphatic hydroxyl groups excluding tert-OH is 1. The molecule has 0 spiro atoms. The van der Waals surface area contributed by atoms with Gasteiger partial charge in [-0.1, -0.05) is 30.3 Å². The summed E-state index contributed by atoms with van der Waals surface area (Å²) in [4.78, 5) is 23.0. The predicted molar refractivity (Wildman–Crippen MR) is 100.0 cm³/mol. The number of benzene rings is 1. The van der Waals surface area contributed by atoms with Gasteiger partial charge in [0.05, 0.1) is 12.6 Å². The van der Waals surface area contributed by atoms with E-state index in [-0.39, 0.29) is 24.7 Å². The van der Waals surface area contributed by atoms with Crippen LogP contribution in [0.25, 0.3) is 0 Å². The maximum Gasteiger partial charge on any atom is 0.315 e. The first-order valence-electron chi connectivity index (χ1n) is 8.98. The number of nitrogens with zero attached hydrogens (tertiary/aromatic N) is 3. The van der Waals surface area contributed by atoms with E-state index in [0.717, 1.165) is 24.9 Å². The van der Waals surface area contributed by atoms with Crippen LogP contribution < -0.4 is 15.5 Å². The molecule has 2 atom stereocenters. The number of anilines is 1. The lowest BCUT2D eigenvalue weighted by atomic mass is 10.1. The van der Waals surface area contributed by atoms with Crippen molar-refractivity contribution in [2.45, 2.75) is 31.3 Å². The van der Waals surface area contributed by atoms with Gasteiger partial charge in [0.25, 0.3) is 0 Å². The van der Waals surface area contributed by atoms with Gasteiger partial charge in [-0.05, 0) is 30.9 Å². The zero-order valence-corrected chi connectivity index (χ0v) is 14.7. The lowest BCUT2D eigenvalue weighted by Gasteiger charge is -2.33. The number of carbonyl (C=O) groups is 1. The molecule has 2 amide bonds. The standard InChI is InChI=1S/C19H25N5O2/c25-14-17(12-15-6-2-1-3-7-15)23-19(26)22-16-8-4-11-24(13-16)18-20-9-5-10-21-18/h1-3,5-7,9-10,16-17,25H,4,8,11-14H2,(H2,22,23,26)/t16-,17-/m1/s1. The number of piperidine rings is 1. The van der Waals surface area contributed by atoms with Crippen LogP contribution in [0, 0.1) is 0 Å². The fourth-order valence-electron chi connectivity index (χ4n) is 3.20. The zero-order chi connectivity index (χ0) is 18.2. The Kier molecular flexibility index (Phi) is 6.38. The summed E-state index contributed by atoms with van der Waals surface area (Å²) >= 11 is 0. The summed E-state index contributed by atoms with van der Waals surface area (Å²) in [6.45, 7) is 1.47. The molecule has 7 nitrogen and oxygen atoms in total. The third-order valence-corrected chi connectivity index (χ3v) is 4.47. The van der Waals surface area contributed by atoms with E-state index in [1.54, 1.807) is 18.5 Å². The Balaban J connectivity index is 1.50. The molecule has 0 aliphatic carbocycles. The van der Waals surface area contributed by atoms with E-state index in [4.69, 9.17) is 0 Å². The highest BCUT2D eigenvalue weighted by atomic mass is 16.3. The molecular formula is C19H25N5O2. The number of nitrogens with one attached hydrogen (secondary N) is 2. The van der Waals surface area contributed by atoms with Crippen LogP contribution in [0.5, 0.6) is 0 Å². The first-order valence-corrected chi connectivity index (χ1v) is 8.98. The summed E-state index contributed by atoms with van der Waals surface area (Å²) in [5.74, 6) is 0.691. The van der Waals surface area contributed by atoms with E-state index in [2.05, 4.69) is 25.5 Å². The second-order valence-corrected chi connectivity index (χ2v) is 6.52. The molecule has 0 radical (unpaired) electrons. The molecule has 0 bridgehead atoms. The number of urea groups is 1. The van der Waals surface area contributed by atoms with Crippen molar-refractivity contribution in [3.63, 3.8) is 0 Å². The Morgan fingerprint density at radius 3 is 2.73 bits per heavy atom. The monoisotopic (exact) mass is 355 g/mol. The van der Waals surface area contributed by atoms with Crippen molar-refractivity contribution in [3.8, 4) is 0 Å². The van der Waals surface area contributed by atoms with Crippen LogP contribution in [0.2, 0.25) is 0 Å². The van der Waals surface area contributed by atoms with Gasteiger partial charge >= 0.3 is 6.03 Å². The Morgan fingerprint density at radius 1 is 1.23 bits per heavy atom. The van der Waals surface area contributed by atoms with E-state index in [9.17, 15) is 9.90 Å². The minimum absolute atomic E-state index is 0.0311. The van der Waals surface area contributed by atoms with Crippen molar-refractivity contribution in [2.24, 2.45) is 0 Å². The molecule has 1 aromatic heterocycles. The number of hydrogen-bond donors (Lipinski definition) is 3. The van der Waals surface area contributed by atoms with Crippen molar-refractivity contribution < 1.29 is 9.90 Å². The third kappa shape index (κ3) is 5.16. The van der Waals surface area contributed by atoms with Gasteiger partial charge in [-0.2, -0.15) is 0 Å². The van der Waals surface area contributed by atoms with E-state index < -0.39 is 0 Å². The van der Waals surface area contributed by atoms with Gasteiger partial charge in [-0.3, -0.25) is 0 Å². The fraction of sp³-hybridized carbons (Fsp3) is 0.421.